The molecule has 0 aromatic heterocycles. The minimum Gasteiger partial charge on any atom is -0.0622 e. The summed E-state index contributed by atoms with van der Waals surface area (Å²) in [6.07, 6.45) is 11.9. The zero-order valence-corrected chi connectivity index (χ0v) is 25.0. The molecule has 0 nitrogen and oxygen atoms in total. The quantitative estimate of drug-likeness (QED) is 0.133. The van der Waals surface area contributed by atoms with Crippen LogP contribution in [0.15, 0.2) is 152 Å². The Morgan fingerprint density at radius 1 is 0.400 bits per heavy atom. The molecule has 0 unspecified atom stereocenters. The van der Waals surface area contributed by atoms with E-state index in [4.69, 9.17) is 0 Å². The molecule has 1 saturated carbocycles. The molecule has 0 N–H and O–H groups in total. The normalized spacial score (nSPS) is 12.0. The van der Waals surface area contributed by atoms with E-state index in [2.05, 4.69) is 122 Å². The van der Waals surface area contributed by atoms with Gasteiger partial charge in [-0.1, -0.05) is 152 Å². The van der Waals surface area contributed by atoms with Crippen LogP contribution in [-0.2, 0) is 19.5 Å². The van der Waals surface area contributed by atoms with Gasteiger partial charge in [0.1, 0.15) is 0 Å². The van der Waals surface area contributed by atoms with Gasteiger partial charge in [-0.25, -0.2) is 0 Å². The molecule has 0 atom stereocenters. The molecular weight excluding hydrogens is 588 g/mol. The molecule has 0 aliphatic heterocycles. The molecule has 5 aromatic carbocycles. The fraction of sp³-hybridized carbons (Fsp3) is 0. The van der Waals surface area contributed by atoms with Crippen LogP contribution >= 0.6 is 7.92 Å². The van der Waals surface area contributed by atoms with Crippen molar-refractivity contribution in [3.8, 4) is 0 Å². The van der Waals surface area contributed by atoms with Gasteiger partial charge in [0, 0.05) is 5.92 Å². The summed E-state index contributed by atoms with van der Waals surface area (Å²) in [6, 6.07) is 53.0. The molecule has 0 amide bonds. The van der Waals surface area contributed by atoms with Crippen LogP contribution < -0.4 is 15.9 Å². The maximum Gasteiger partial charge on any atom is 2.00 e. The molecule has 2 heteroatoms. The van der Waals surface area contributed by atoms with Crippen LogP contribution in [0.3, 0.4) is 0 Å². The second kappa shape index (κ2) is 18.5. The van der Waals surface area contributed by atoms with E-state index >= 15 is 0 Å². The molecule has 5 aromatic rings. The van der Waals surface area contributed by atoms with E-state index < -0.39 is 7.92 Å². The molecule has 40 heavy (non-hydrogen) atoms. The maximum absolute atomic E-state index is 3.88. The maximum atomic E-state index is 3.88. The van der Waals surface area contributed by atoms with E-state index in [1.807, 2.05) is 74.9 Å². The summed E-state index contributed by atoms with van der Waals surface area (Å²) in [5, 5.41) is 4.19. The largest absolute Gasteiger partial charge is 2.00 e. The molecule has 0 saturated heterocycles. The molecule has 1 fully saturated rings. The van der Waals surface area contributed by atoms with Gasteiger partial charge in [-0.05, 0) is 80.4 Å². The van der Waals surface area contributed by atoms with Crippen molar-refractivity contribution < 1.29 is 19.5 Å². The van der Waals surface area contributed by atoms with Crippen molar-refractivity contribution in [1.29, 1.82) is 0 Å². The summed E-state index contributed by atoms with van der Waals surface area (Å²) < 4.78 is 0. The van der Waals surface area contributed by atoms with E-state index in [-0.39, 0.29) is 19.5 Å². The fourth-order valence-electron chi connectivity index (χ4n) is 4.14. The topological polar surface area (TPSA) is 0 Å². The molecule has 0 bridgehead atoms. The van der Waals surface area contributed by atoms with Crippen LogP contribution in [0.4, 0.5) is 0 Å². The molecule has 0 spiro atoms. The van der Waals surface area contributed by atoms with Crippen LogP contribution in [0.5, 0.6) is 0 Å². The average Bonchev–Trinajstić information content (AvgIpc) is 3.62. The molecule has 6 rings (SSSR count). The first-order valence-electron chi connectivity index (χ1n) is 13.1. The number of hydrogen-bond donors (Lipinski definition) is 0. The fourth-order valence-corrected chi connectivity index (χ4v) is 6.44. The van der Waals surface area contributed by atoms with Crippen molar-refractivity contribution in [2.75, 3.05) is 0 Å². The third-order valence-electron chi connectivity index (χ3n) is 5.97. The first-order valence-corrected chi connectivity index (χ1v) is 14.4. The van der Waals surface area contributed by atoms with Gasteiger partial charge in [0.25, 0.3) is 0 Å². The first kappa shape index (κ1) is 31.7. The van der Waals surface area contributed by atoms with E-state index in [1.54, 1.807) is 0 Å². The van der Waals surface area contributed by atoms with Gasteiger partial charge >= 0.3 is 19.5 Å². The summed E-state index contributed by atoms with van der Waals surface area (Å²) in [6.45, 7) is 3.88. The molecule has 196 valence electrons. The summed E-state index contributed by atoms with van der Waals surface area (Å²) in [5.74, 6) is 1.18. The van der Waals surface area contributed by atoms with Crippen molar-refractivity contribution >= 4 is 23.8 Å². The Morgan fingerprint density at radius 3 is 0.900 bits per heavy atom. The van der Waals surface area contributed by atoms with Crippen LogP contribution in [0, 0.1) is 51.4 Å². The standard InChI is InChI=1S/C18H15P.C15H13.C5H5.Ru/c1-4-10-16(11-5-1)19(17-12-6-2-7-13-17)18-14-8-3-9-15-18;1-2-15(13-9-5-3-6-10-13)14-11-7-4-8-12-14;1-2-4-5-3-1;/h1-15H;2-12H,1H2;1-5H;/q;;;+2. The molecule has 1 aliphatic rings. The Labute approximate surface area is 256 Å². The second-order valence-corrected chi connectivity index (χ2v) is 10.9. The van der Waals surface area contributed by atoms with E-state index in [1.165, 1.54) is 33.0 Å². The third-order valence-corrected chi connectivity index (χ3v) is 8.42. The van der Waals surface area contributed by atoms with Crippen LogP contribution in [-0.4, -0.2) is 0 Å². The smallest absolute Gasteiger partial charge is 0.0622 e. The van der Waals surface area contributed by atoms with Gasteiger partial charge in [0.2, 0.25) is 0 Å². The summed E-state index contributed by atoms with van der Waals surface area (Å²) in [7, 11) is -0.446. The molecule has 8 radical (unpaired) electrons. The average molecular weight is 622 g/mol. The van der Waals surface area contributed by atoms with Gasteiger partial charge in [-0.3, -0.25) is 0 Å². The van der Waals surface area contributed by atoms with Crippen LogP contribution in [0.2, 0.25) is 0 Å². The minimum absolute atomic E-state index is 0. The Bertz CT molecular complexity index is 1150. The van der Waals surface area contributed by atoms with Crippen molar-refractivity contribution in [3.63, 3.8) is 0 Å². The monoisotopic (exact) mass is 622 g/mol. The van der Waals surface area contributed by atoms with Gasteiger partial charge in [-0.2, -0.15) is 0 Å². The SMILES string of the molecule is [CH2][CH][C](c1ccccc1)c1ccccc1.[CH]1[CH][CH][CH][CH]1.[Ru+2].c1ccc(P(c2ccccc2)c2ccccc2)cc1. The summed E-state index contributed by atoms with van der Waals surface area (Å²) in [5.41, 5.74) is 2.41. The Balaban J connectivity index is 0.000000187. The molecule has 0 heterocycles. The van der Waals surface area contributed by atoms with Gasteiger partial charge in [-0.15, -0.1) is 0 Å². The minimum atomic E-state index is -0.446. The predicted molar refractivity (Wildman–Crippen MR) is 171 cm³/mol. The molecular formula is C38H33PRu+2. The van der Waals surface area contributed by atoms with Gasteiger partial charge in [0.15, 0.2) is 0 Å². The van der Waals surface area contributed by atoms with Gasteiger partial charge in [0.05, 0.1) is 0 Å². The third kappa shape index (κ3) is 9.96. The number of benzene rings is 5. The predicted octanol–water partition coefficient (Wildman–Crippen LogP) is 8.16. The van der Waals surface area contributed by atoms with Crippen molar-refractivity contribution in [3.05, 3.63) is 214 Å². The zero-order chi connectivity index (χ0) is 27.0. The number of hydrogen-bond acceptors (Lipinski definition) is 0. The zero-order valence-electron chi connectivity index (χ0n) is 22.4. The van der Waals surface area contributed by atoms with Gasteiger partial charge < -0.3 is 0 Å². The summed E-state index contributed by atoms with van der Waals surface area (Å²) in [4.78, 5) is 0. The van der Waals surface area contributed by atoms with Crippen molar-refractivity contribution in [1.82, 2.24) is 0 Å². The van der Waals surface area contributed by atoms with E-state index in [9.17, 15) is 0 Å². The van der Waals surface area contributed by atoms with Crippen LogP contribution in [0.25, 0.3) is 0 Å². The van der Waals surface area contributed by atoms with E-state index in [0.717, 1.165) is 0 Å². The number of rotatable bonds is 6. The van der Waals surface area contributed by atoms with Crippen molar-refractivity contribution in [2.45, 2.75) is 0 Å². The molecule has 1 aliphatic carbocycles. The Hall–Kier alpha value is -2.85. The Kier molecular flexibility index (Phi) is 14.6. The second-order valence-electron chi connectivity index (χ2n) is 8.65. The Morgan fingerprint density at radius 2 is 0.650 bits per heavy atom. The first-order chi connectivity index (χ1) is 19.4. The van der Waals surface area contributed by atoms with E-state index in [0.29, 0.717) is 0 Å². The van der Waals surface area contributed by atoms with Crippen LogP contribution in [0.1, 0.15) is 11.1 Å². The van der Waals surface area contributed by atoms with Crippen molar-refractivity contribution in [2.24, 2.45) is 0 Å². The summed E-state index contributed by atoms with van der Waals surface area (Å²) >= 11 is 0.